The van der Waals surface area contributed by atoms with Gasteiger partial charge < -0.3 is 29.7 Å². The number of ether oxygens (including phenoxy) is 1. The summed E-state index contributed by atoms with van der Waals surface area (Å²) in [6, 6.07) is 8.91. The van der Waals surface area contributed by atoms with E-state index in [1.54, 1.807) is 38.6 Å². The number of carbonyl (C=O) groups is 1. The number of halogens is 2. The zero-order valence-corrected chi connectivity index (χ0v) is 24.4. The first kappa shape index (κ1) is 28.8. The van der Waals surface area contributed by atoms with E-state index in [1.807, 2.05) is 12.1 Å². The number of amides is 1. The maximum absolute atomic E-state index is 13.2. The molecule has 0 bridgehead atoms. The van der Waals surface area contributed by atoms with Gasteiger partial charge in [0.2, 0.25) is 5.95 Å². The van der Waals surface area contributed by atoms with E-state index in [4.69, 9.17) is 16.3 Å². The lowest BCUT2D eigenvalue weighted by molar-refractivity contribution is 0.0786. The number of benzene rings is 2. The van der Waals surface area contributed by atoms with Gasteiger partial charge in [0.15, 0.2) is 5.82 Å². The molecule has 39 heavy (non-hydrogen) atoms. The number of hydrogen-bond donors (Lipinski definition) is 2. The van der Waals surface area contributed by atoms with E-state index < -0.39 is 13.8 Å². The smallest absolute Gasteiger partial charge is 0.253 e. The quantitative estimate of drug-likeness (QED) is 0.348. The minimum absolute atomic E-state index is 0.0257. The van der Waals surface area contributed by atoms with E-state index in [1.165, 1.54) is 29.3 Å². The summed E-state index contributed by atoms with van der Waals surface area (Å²) in [6.07, 6.45) is 2.42. The van der Waals surface area contributed by atoms with Crippen LogP contribution >= 0.6 is 18.7 Å². The highest BCUT2D eigenvalue weighted by Gasteiger charge is 2.22. The van der Waals surface area contributed by atoms with Crippen molar-refractivity contribution in [1.29, 1.82) is 0 Å². The summed E-state index contributed by atoms with van der Waals surface area (Å²) in [6.45, 7) is 4.38. The second kappa shape index (κ2) is 11.9. The van der Waals surface area contributed by atoms with Crippen molar-refractivity contribution in [3.63, 3.8) is 0 Å². The Morgan fingerprint density at radius 1 is 1.21 bits per heavy atom. The molecule has 0 aliphatic carbocycles. The fourth-order valence-electron chi connectivity index (χ4n) is 4.42. The Hall–Kier alpha value is -3.20. The normalized spacial score (nSPS) is 13.5. The van der Waals surface area contributed by atoms with E-state index in [-0.39, 0.29) is 17.5 Å². The van der Waals surface area contributed by atoms with E-state index in [0.29, 0.717) is 34.1 Å². The van der Waals surface area contributed by atoms with Crippen molar-refractivity contribution in [3.05, 3.63) is 58.2 Å². The van der Waals surface area contributed by atoms with Crippen molar-refractivity contribution in [2.24, 2.45) is 0 Å². The van der Waals surface area contributed by atoms with Crippen LogP contribution in [0.4, 0.5) is 27.5 Å². The number of aromatic nitrogens is 2. The van der Waals surface area contributed by atoms with Gasteiger partial charge in [0.25, 0.3) is 5.91 Å². The molecule has 2 aromatic carbocycles. The van der Waals surface area contributed by atoms with Crippen molar-refractivity contribution in [2.45, 2.75) is 13.0 Å². The Kier molecular flexibility index (Phi) is 8.79. The van der Waals surface area contributed by atoms with Crippen LogP contribution in [0.3, 0.4) is 0 Å². The number of likely N-dealkylation sites (N-methyl/N-ethyl adjacent to an activating group) is 1. The second-order valence-electron chi connectivity index (χ2n) is 9.95. The molecule has 9 nitrogen and oxygen atoms in total. The van der Waals surface area contributed by atoms with Crippen LogP contribution in [-0.2, 0) is 17.5 Å². The van der Waals surface area contributed by atoms with Crippen molar-refractivity contribution >= 4 is 53.1 Å². The van der Waals surface area contributed by atoms with Gasteiger partial charge in [-0.05, 0) is 68.3 Å². The van der Waals surface area contributed by atoms with Gasteiger partial charge in [-0.15, -0.1) is 0 Å². The van der Waals surface area contributed by atoms with E-state index >= 15 is 0 Å². The number of anilines is 4. The molecule has 1 aliphatic heterocycles. The van der Waals surface area contributed by atoms with Gasteiger partial charge in [0.05, 0.1) is 24.7 Å². The summed E-state index contributed by atoms with van der Waals surface area (Å²) in [5, 5.41) is 7.11. The van der Waals surface area contributed by atoms with Crippen molar-refractivity contribution in [2.75, 3.05) is 64.9 Å². The number of alkyl halides is 1. The predicted octanol–water partition coefficient (Wildman–Crippen LogP) is 4.90. The molecular formula is C27H33ClFN6O3P. The average Bonchev–Trinajstić information content (AvgIpc) is 2.89. The molecule has 208 valence electrons. The van der Waals surface area contributed by atoms with Crippen molar-refractivity contribution < 1.29 is 18.5 Å². The minimum atomic E-state index is -2.84. The molecule has 0 spiro atoms. The van der Waals surface area contributed by atoms with Crippen LogP contribution in [0.1, 0.15) is 21.5 Å². The van der Waals surface area contributed by atoms with Gasteiger partial charge in [-0.2, -0.15) is 4.98 Å². The molecule has 1 aliphatic rings. The molecule has 2 N–H and O–H groups in total. The Balaban J connectivity index is 1.64. The van der Waals surface area contributed by atoms with Gasteiger partial charge in [-0.3, -0.25) is 4.79 Å². The van der Waals surface area contributed by atoms with Crippen molar-refractivity contribution in [3.8, 4) is 5.75 Å². The zero-order valence-electron chi connectivity index (χ0n) is 22.7. The third-order valence-electron chi connectivity index (χ3n) is 6.56. The molecule has 0 fully saturated rings. The number of methoxy groups -OCH3 is 1. The summed E-state index contributed by atoms with van der Waals surface area (Å²) in [5.74, 6) is 0.922. The van der Waals surface area contributed by atoms with Crippen LogP contribution in [0, 0.1) is 0 Å². The predicted molar refractivity (Wildman–Crippen MR) is 155 cm³/mol. The molecule has 12 heteroatoms. The van der Waals surface area contributed by atoms with Crippen LogP contribution in [0.15, 0.2) is 36.5 Å². The molecule has 0 atom stereocenters. The number of carbonyl (C=O) groups excluding carboxylic acids is 1. The molecule has 2 heterocycles. The largest absolute Gasteiger partial charge is 0.495 e. The van der Waals surface area contributed by atoms with Gasteiger partial charge in [0.1, 0.15) is 24.6 Å². The van der Waals surface area contributed by atoms with Crippen LogP contribution in [-0.4, -0.2) is 80.0 Å². The molecule has 0 saturated heterocycles. The summed E-state index contributed by atoms with van der Waals surface area (Å²) in [4.78, 5) is 25.1. The molecule has 0 saturated carbocycles. The summed E-state index contributed by atoms with van der Waals surface area (Å²) in [5.41, 5.74) is 4.00. The topological polar surface area (TPSA) is 99.7 Å². The number of rotatable bonds is 9. The first-order valence-corrected chi connectivity index (χ1v) is 15.4. The summed E-state index contributed by atoms with van der Waals surface area (Å²) < 4.78 is 31.5. The lowest BCUT2D eigenvalue weighted by Crippen LogP contribution is -2.29. The monoisotopic (exact) mass is 574 g/mol. The van der Waals surface area contributed by atoms with E-state index in [9.17, 15) is 13.8 Å². The zero-order chi connectivity index (χ0) is 28.3. The molecule has 0 unspecified atom stereocenters. The Morgan fingerprint density at radius 3 is 2.67 bits per heavy atom. The van der Waals surface area contributed by atoms with Gasteiger partial charge in [0, 0.05) is 37.5 Å². The van der Waals surface area contributed by atoms with Crippen LogP contribution in [0.25, 0.3) is 0 Å². The second-order valence-corrected chi connectivity index (χ2v) is 13.5. The Morgan fingerprint density at radius 2 is 1.97 bits per heavy atom. The third-order valence-corrected chi connectivity index (χ3v) is 8.37. The average molecular weight is 575 g/mol. The number of fused-ring (bicyclic) bond motifs is 1. The third kappa shape index (κ3) is 6.69. The number of nitrogens with one attached hydrogen (secondary N) is 2. The number of hydrogen-bond acceptors (Lipinski definition) is 8. The maximum atomic E-state index is 13.2. The van der Waals surface area contributed by atoms with E-state index in [0.717, 1.165) is 25.2 Å². The van der Waals surface area contributed by atoms with Gasteiger partial charge >= 0.3 is 0 Å². The first-order valence-electron chi connectivity index (χ1n) is 12.5. The highest BCUT2D eigenvalue weighted by molar-refractivity contribution is 7.70. The summed E-state index contributed by atoms with van der Waals surface area (Å²) >= 11 is 6.43. The van der Waals surface area contributed by atoms with E-state index in [2.05, 4.69) is 32.5 Å². The number of nitrogens with zero attached hydrogens (tertiary/aromatic N) is 4. The molecule has 4 rings (SSSR count). The highest BCUT2D eigenvalue weighted by atomic mass is 35.5. The maximum Gasteiger partial charge on any atom is 0.253 e. The lowest BCUT2D eigenvalue weighted by atomic mass is 9.99. The Labute approximate surface area is 233 Å². The standard InChI is InChI=1S/C27H33ClFN6O3P/c1-34-10-8-17-13-23(38-3)22(12-19(17)16-34)32-27-30-15-20(28)25(33-27)31-21-7-6-18(14-24(21)39(4,5)37)26(36)35(2)11-9-29/h6-7,12-15H,8-11,16H2,1-5H3,(H2,30,31,32,33). The Bertz CT molecular complexity index is 1430. The van der Waals surface area contributed by atoms with Gasteiger partial charge in [-0.25, -0.2) is 9.37 Å². The van der Waals surface area contributed by atoms with Crippen LogP contribution in [0.5, 0.6) is 5.75 Å². The lowest BCUT2D eigenvalue weighted by Gasteiger charge is -2.26. The molecule has 3 aromatic rings. The molecule has 1 amide bonds. The van der Waals surface area contributed by atoms with Crippen molar-refractivity contribution in [1.82, 2.24) is 19.8 Å². The fourth-order valence-corrected chi connectivity index (χ4v) is 5.72. The molecular weight excluding hydrogens is 542 g/mol. The highest BCUT2D eigenvalue weighted by Crippen LogP contribution is 2.39. The van der Waals surface area contributed by atoms with Crippen LogP contribution < -0.4 is 20.7 Å². The van der Waals surface area contributed by atoms with Gasteiger partial charge in [-0.1, -0.05) is 11.6 Å². The molecule has 0 radical (unpaired) electrons. The summed E-state index contributed by atoms with van der Waals surface area (Å²) in [7, 11) is 2.39. The van der Waals surface area contributed by atoms with Crippen LogP contribution in [0.2, 0.25) is 5.02 Å². The minimum Gasteiger partial charge on any atom is -0.495 e. The molecule has 1 aromatic heterocycles. The fraction of sp³-hybridized carbons (Fsp3) is 0.370. The first-order chi connectivity index (χ1) is 18.5. The SMILES string of the molecule is COc1cc2c(cc1Nc1ncc(Cl)c(Nc3ccc(C(=O)N(C)CCF)cc3P(C)(C)=O)n1)CN(C)CC2.